The standard InChI is InChI=1S/C10H8N4O/c1-15-8-3-2-7-5-11-10-12-6-13-14(10)9(7)4-8/h2-6H,1H3. The summed E-state index contributed by atoms with van der Waals surface area (Å²) in [7, 11) is 1.64. The molecule has 0 saturated carbocycles. The van der Waals surface area contributed by atoms with E-state index in [1.54, 1.807) is 17.8 Å². The zero-order valence-electron chi connectivity index (χ0n) is 8.08. The number of methoxy groups -OCH3 is 1. The fraction of sp³-hybridized carbons (Fsp3) is 0.100. The van der Waals surface area contributed by atoms with Crippen LogP contribution in [0.2, 0.25) is 0 Å². The zero-order valence-corrected chi connectivity index (χ0v) is 8.08. The Labute approximate surface area is 85.3 Å². The predicted octanol–water partition coefficient (Wildman–Crippen LogP) is 1.29. The van der Waals surface area contributed by atoms with Gasteiger partial charge in [-0.05, 0) is 12.1 Å². The molecule has 0 N–H and O–H groups in total. The third-order valence-electron chi connectivity index (χ3n) is 2.31. The van der Waals surface area contributed by atoms with E-state index in [0.29, 0.717) is 5.78 Å². The molecule has 1 aromatic carbocycles. The molecule has 0 radical (unpaired) electrons. The third-order valence-corrected chi connectivity index (χ3v) is 2.31. The molecule has 3 rings (SSSR count). The topological polar surface area (TPSA) is 52.3 Å². The number of fused-ring (bicyclic) bond motifs is 3. The summed E-state index contributed by atoms with van der Waals surface area (Å²) in [5.74, 6) is 1.39. The molecular weight excluding hydrogens is 192 g/mol. The molecule has 0 bridgehead atoms. The fourth-order valence-corrected chi connectivity index (χ4v) is 1.56. The lowest BCUT2D eigenvalue weighted by molar-refractivity contribution is 0.415. The number of ether oxygens (including phenoxy) is 1. The van der Waals surface area contributed by atoms with Gasteiger partial charge in [0.05, 0.1) is 12.6 Å². The fourth-order valence-electron chi connectivity index (χ4n) is 1.56. The van der Waals surface area contributed by atoms with Crippen LogP contribution in [-0.2, 0) is 0 Å². The van der Waals surface area contributed by atoms with Gasteiger partial charge in [0.1, 0.15) is 12.1 Å². The summed E-state index contributed by atoms with van der Waals surface area (Å²) < 4.78 is 6.86. The average molecular weight is 200 g/mol. The Hall–Kier alpha value is -2.17. The Balaban J connectivity index is 2.48. The maximum absolute atomic E-state index is 5.17. The highest BCUT2D eigenvalue weighted by Crippen LogP contribution is 2.19. The van der Waals surface area contributed by atoms with E-state index in [4.69, 9.17) is 4.74 Å². The maximum atomic E-state index is 5.17. The minimum absolute atomic E-state index is 0.593. The molecule has 15 heavy (non-hydrogen) atoms. The molecule has 0 fully saturated rings. The minimum Gasteiger partial charge on any atom is -0.497 e. The first-order valence-electron chi connectivity index (χ1n) is 4.51. The maximum Gasteiger partial charge on any atom is 0.252 e. The normalized spacial score (nSPS) is 11.0. The molecular formula is C10H8N4O. The molecule has 3 aromatic rings. The number of aromatic nitrogens is 4. The molecule has 0 amide bonds. The SMILES string of the molecule is COc1ccc2cnc3ncnn3c2c1. The summed E-state index contributed by atoms with van der Waals surface area (Å²) in [6.07, 6.45) is 3.26. The van der Waals surface area contributed by atoms with Crippen LogP contribution in [-0.4, -0.2) is 26.7 Å². The van der Waals surface area contributed by atoms with Crippen molar-refractivity contribution in [1.82, 2.24) is 19.6 Å². The lowest BCUT2D eigenvalue weighted by atomic mass is 10.2. The second kappa shape index (κ2) is 2.91. The molecule has 0 aliphatic carbocycles. The Bertz CT molecular complexity index is 631. The number of hydrogen-bond acceptors (Lipinski definition) is 4. The van der Waals surface area contributed by atoms with E-state index in [9.17, 15) is 0 Å². The molecule has 2 heterocycles. The Morgan fingerprint density at radius 1 is 1.27 bits per heavy atom. The third kappa shape index (κ3) is 1.13. The molecule has 0 spiro atoms. The van der Waals surface area contributed by atoms with Crippen LogP contribution in [0.1, 0.15) is 0 Å². The average Bonchev–Trinajstić information content (AvgIpc) is 2.76. The van der Waals surface area contributed by atoms with Gasteiger partial charge < -0.3 is 4.74 Å². The van der Waals surface area contributed by atoms with Crippen molar-refractivity contribution >= 4 is 16.7 Å². The van der Waals surface area contributed by atoms with E-state index in [0.717, 1.165) is 16.7 Å². The minimum atomic E-state index is 0.593. The first-order valence-corrected chi connectivity index (χ1v) is 4.51. The van der Waals surface area contributed by atoms with E-state index in [1.165, 1.54) is 6.33 Å². The molecule has 0 aliphatic rings. The van der Waals surface area contributed by atoms with Crippen LogP contribution in [0, 0.1) is 0 Å². The highest BCUT2D eigenvalue weighted by Gasteiger charge is 2.03. The summed E-state index contributed by atoms with van der Waals surface area (Å²) in [6.45, 7) is 0. The highest BCUT2D eigenvalue weighted by molar-refractivity contribution is 5.81. The molecule has 0 aliphatic heterocycles. The van der Waals surface area contributed by atoms with Crippen molar-refractivity contribution < 1.29 is 4.74 Å². The van der Waals surface area contributed by atoms with E-state index >= 15 is 0 Å². The Morgan fingerprint density at radius 2 is 2.20 bits per heavy atom. The lowest BCUT2D eigenvalue weighted by Crippen LogP contribution is -1.93. The number of nitrogens with zero attached hydrogens (tertiary/aromatic N) is 4. The molecule has 5 heteroatoms. The first kappa shape index (κ1) is 8.16. The quantitative estimate of drug-likeness (QED) is 0.593. The molecule has 5 nitrogen and oxygen atoms in total. The van der Waals surface area contributed by atoms with Gasteiger partial charge in [-0.25, -0.2) is 4.98 Å². The van der Waals surface area contributed by atoms with Crippen LogP contribution in [0.4, 0.5) is 0 Å². The van der Waals surface area contributed by atoms with E-state index in [-0.39, 0.29) is 0 Å². The van der Waals surface area contributed by atoms with Gasteiger partial charge in [-0.3, -0.25) is 0 Å². The van der Waals surface area contributed by atoms with Gasteiger partial charge in [-0.1, -0.05) is 0 Å². The van der Waals surface area contributed by atoms with E-state index in [2.05, 4.69) is 15.1 Å². The van der Waals surface area contributed by atoms with Gasteiger partial charge in [-0.15, -0.1) is 0 Å². The number of benzene rings is 1. The van der Waals surface area contributed by atoms with Crippen LogP contribution in [0.25, 0.3) is 16.7 Å². The van der Waals surface area contributed by atoms with Crippen LogP contribution in [0.5, 0.6) is 5.75 Å². The van der Waals surface area contributed by atoms with Crippen LogP contribution in [0.3, 0.4) is 0 Å². The lowest BCUT2D eigenvalue weighted by Gasteiger charge is -2.02. The van der Waals surface area contributed by atoms with Crippen molar-refractivity contribution in [3.63, 3.8) is 0 Å². The van der Waals surface area contributed by atoms with Gasteiger partial charge in [-0.2, -0.15) is 14.6 Å². The largest absolute Gasteiger partial charge is 0.497 e. The molecule has 0 atom stereocenters. The summed E-state index contributed by atoms with van der Waals surface area (Å²) in [5, 5.41) is 5.12. The number of rotatable bonds is 1. The monoisotopic (exact) mass is 200 g/mol. The smallest absolute Gasteiger partial charge is 0.252 e. The second-order valence-corrected chi connectivity index (χ2v) is 3.15. The predicted molar refractivity (Wildman–Crippen MR) is 54.8 cm³/mol. The van der Waals surface area contributed by atoms with Gasteiger partial charge in [0.25, 0.3) is 5.78 Å². The number of hydrogen-bond donors (Lipinski definition) is 0. The van der Waals surface area contributed by atoms with Gasteiger partial charge >= 0.3 is 0 Å². The van der Waals surface area contributed by atoms with Crippen molar-refractivity contribution in [3.05, 3.63) is 30.7 Å². The van der Waals surface area contributed by atoms with Crippen molar-refractivity contribution in [2.45, 2.75) is 0 Å². The summed E-state index contributed by atoms with van der Waals surface area (Å²) in [5.41, 5.74) is 0.942. The van der Waals surface area contributed by atoms with Crippen molar-refractivity contribution in [2.24, 2.45) is 0 Å². The van der Waals surface area contributed by atoms with Crippen LogP contribution >= 0.6 is 0 Å². The van der Waals surface area contributed by atoms with E-state index in [1.807, 2.05) is 18.2 Å². The summed E-state index contributed by atoms with van der Waals surface area (Å²) >= 11 is 0. The van der Waals surface area contributed by atoms with E-state index < -0.39 is 0 Å². The molecule has 0 unspecified atom stereocenters. The van der Waals surface area contributed by atoms with Gasteiger partial charge in [0, 0.05) is 17.6 Å². The Kier molecular flexibility index (Phi) is 1.58. The second-order valence-electron chi connectivity index (χ2n) is 3.15. The van der Waals surface area contributed by atoms with Gasteiger partial charge in [0.15, 0.2) is 0 Å². The zero-order chi connectivity index (χ0) is 10.3. The highest BCUT2D eigenvalue weighted by atomic mass is 16.5. The van der Waals surface area contributed by atoms with Crippen LogP contribution in [0.15, 0.2) is 30.7 Å². The first-order chi connectivity index (χ1) is 7.38. The summed E-state index contributed by atoms with van der Waals surface area (Å²) in [4.78, 5) is 8.20. The molecule has 2 aromatic heterocycles. The summed E-state index contributed by atoms with van der Waals surface area (Å²) in [6, 6.07) is 5.76. The molecule has 74 valence electrons. The Morgan fingerprint density at radius 3 is 3.07 bits per heavy atom. The van der Waals surface area contributed by atoms with Gasteiger partial charge in [0.2, 0.25) is 0 Å². The van der Waals surface area contributed by atoms with Crippen molar-refractivity contribution in [3.8, 4) is 5.75 Å². The van der Waals surface area contributed by atoms with Crippen molar-refractivity contribution in [1.29, 1.82) is 0 Å². The molecule has 0 saturated heterocycles. The van der Waals surface area contributed by atoms with Crippen LogP contribution < -0.4 is 4.74 Å². The van der Waals surface area contributed by atoms with Crippen molar-refractivity contribution in [2.75, 3.05) is 7.11 Å².